The van der Waals surface area contributed by atoms with E-state index >= 15 is 0 Å². The molecule has 106 valence electrons. The van der Waals surface area contributed by atoms with E-state index in [0.717, 1.165) is 31.7 Å². The summed E-state index contributed by atoms with van der Waals surface area (Å²) in [6.45, 7) is 4.04. The van der Waals surface area contributed by atoms with Crippen LogP contribution in [0.15, 0.2) is 24.3 Å². The average Bonchev–Trinajstić information content (AvgIpc) is 2.39. The highest BCUT2D eigenvalue weighted by Crippen LogP contribution is 2.17. The van der Waals surface area contributed by atoms with Crippen LogP contribution >= 0.6 is 12.4 Å². The Kier molecular flexibility index (Phi) is 6.12. The first-order valence-electron chi connectivity index (χ1n) is 6.48. The summed E-state index contributed by atoms with van der Waals surface area (Å²) >= 11 is 0. The van der Waals surface area contributed by atoms with Gasteiger partial charge in [-0.2, -0.15) is 0 Å². The number of hydrogen-bond acceptors (Lipinski definition) is 3. The fraction of sp³-hybridized carbons (Fsp3) is 0.500. The Morgan fingerprint density at radius 3 is 2.74 bits per heavy atom. The molecule has 0 aromatic heterocycles. The number of amides is 1. The van der Waals surface area contributed by atoms with Gasteiger partial charge in [-0.25, -0.2) is 0 Å². The van der Waals surface area contributed by atoms with Crippen molar-refractivity contribution in [3.05, 3.63) is 29.8 Å². The standard InChI is InChI=1S/C14H20N2O2.ClH/c1-2-18-13-5-3-4-11(10-13)14(17)16-8-6-12(15)7-9-16;/h3-5,10,12H,2,6-9,15H2,1H3;1H. The van der Waals surface area contributed by atoms with Gasteiger partial charge in [-0.15, -0.1) is 12.4 Å². The quantitative estimate of drug-likeness (QED) is 0.924. The minimum atomic E-state index is 0. The summed E-state index contributed by atoms with van der Waals surface area (Å²) in [6, 6.07) is 7.60. The molecule has 1 aromatic rings. The zero-order valence-electron chi connectivity index (χ0n) is 11.2. The maximum atomic E-state index is 12.3. The Morgan fingerprint density at radius 1 is 1.42 bits per heavy atom. The van der Waals surface area contributed by atoms with Crippen LogP contribution in [-0.2, 0) is 0 Å². The van der Waals surface area contributed by atoms with Crippen LogP contribution in [0.2, 0.25) is 0 Å². The molecule has 1 aliphatic heterocycles. The van der Waals surface area contributed by atoms with Gasteiger partial charge in [0.1, 0.15) is 5.75 Å². The largest absolute Gasteiger partial charge is 0.494 e. The van der Waals surface area contributed by atoms with Gasteiger partial charge < -0.3 is 15.4 Å². The van der Waals surface area contributed by atoms with Crippen molar-refractivity contribution in [2.24, 2.45) is 5.73 Å². The molecule has 0 spiro atoms. The first-order chi connectivity index (χ1) is 8.70. The van der Waals surface area contributed by atoms with E-state index < -0.39 is 0 Å². The predicted molar refractivity (Wildman–Crippen MR) is 78.0 cm³/mol. The lowest BCUT2D eigenvalue weighted by atomic mass is 10.0. The summed E-state index contributed by atoms with van der Waals surface area (Å²) in [4.78, 5) is 14.2. The van der Waals surface area contributed by atoms with Crippen LogP contribution in [0.25, 0.3) is 0 Å². The fourth-order valence-corrected chi connectivity index (χ4v) is 2.17. The molecular weight excluding hydrogens is 264 g/mol. The molecule has 1 aliphatic rings. The van der Waals surface area contributed by atoms with Gasteiger partial charge in [-0.3, -0.25) is 4.79 Å². The molecule has 1 heterocycles. The first kappa shape index (κ1) is 15.8. The molecule has 0 atom stereocenters. The van der Waals surface area contributed by atoms with E-state index in [0.29, 0.717) is 12.2 Å². The van der Waals surface area contributed by atoms with E-state index in [1.807, 2.05) is 30.0 Å². The van der Waals surface area contributed by atoms with Gasteiger partial charge in [0.2, 0.25) is 0 Å². The predicted octanol–water partition coefficient (Wildman–Crippen LogP) is 2.07. The summed E-state index contributed by atoms with van der Waals surface area (Å²) in [7, 11) is 0. The zero-order valence-corrected chi connectivity index (χ0v) is 12.0. The highest BCUT2D eigenvalue weighted by Gasteiger charge is 2.21. The minimum Gasteiger partial charge on any atom is -0.494 e. The minimum absolute atomic E-state index is 0. The number of benzene rings is 1. The Morgan fingerprint density at radius 2 is 2.11 bits per heavy atom. The van der Waals surface area contributed by atoms with E-state index in [-0.39, 0.29) is 24.4 Å². The smallest absolute Gasteiger partial charge is 0.253 e. The van der Waals surface area contributed by atoms with Crippen LogP contribution in [0.4, 0.5) is 0 Å². The van der Waals surface area contributed by atoms with Gasteiger partial charge in [-0.05, 0) is 38.0 Å². The Bertz CT molecular complexity index is 418. The number of nitrogens with two attached hydrogens (primary N) is 1. The molecule has 2 N–H and O–H groups in total. The summed E-state index contributed by atoms with van der Waals surface area (Å²) in [6.07, 6.45) is 1.77. The van der Waals surface area contributed by atoms with Crippen LogP contribution in [-0.4, -0.2) is 36.5 Å². The normalized spacial score (nSPS) is 15.8. The first-order valence-corrected chi connectivity index (χ1v) is 6.48. The van der Waals surface area contributed by atoms with E-state index in [4.69, 9.17) is 10.5 Å². The van der Waals surface area contributed by atoms with Crippen molar-refractivity contribution >= 4 is 18.3 Å². The Labute approximate surface area is 120 Å². The number of rotatable bonds is 3. The molecule has 1 aromatic carbocycles. The van der Waals surface area contributed by atoms with Crippen LogP contribution in [0.5, 0.6) is 5.75 Å². The molecular formula is C14H21ClN2O2. The number of carbonyl (C=O) groups is 1. The van der Waals surface area contributed by atoms with Gasteiger partial charge in [0.25, 0.3) is 5.91 Å². The molecule has 0 radical (unpaired) electrons. The summed E-state index contributed by atoms with van der Waals surface area (Å²) < 4.78 is 5.41. The molecule has 1 amide bonds. The molecule has 19 heavy (non-hydrogen) atoms. The van der Waals surface area contributed by atoms with Crippen LogP contribution < -0.4 is 10.5 Å². The van der Waals surface area contributed by atoms with Gasteiger partial charge >= 0.3 is 0 Å². The average molecular weight is 285 g/mol. The second-order valence-electron chi connectivity index (χ2n) is 4.59. The number of ether oxygens (including phenoxy) is 1. The summed E-state index contributed by atoms with van der Waals surface area (Å²) in [5.41, 5.74) is 6.53. The monoisotopic (exact) mass is 284 g/mol. The molecule has 4 nitrogen and oxygen atoms in total. The highest BCUT2D eigenvalue weighted by molar-refractivity contribution is 5.94. The number of piperidine rings is 1. The van der Waals surface area contributed by atoms with Crippen molar-refractivity contribution in [2.75, 3.05) is 19.7 Å². The van der Waals surface area contributed by atoms with Crippen molar-refractivity contribution in [3.63, 3.8) is 0 Å². The molecule has 1 saturated heterocycles. The molecule has 5 heteroatoms. The topological polar surface area (TPSA) is 55.6 Å². The third kappa shape index (κ3) is 4.11. The van der Waals surface area contributed by atoms with E-state index in [1.165, 1.54) is 0 Å². The van der Waals surface area contributed by atoms with E-state index in [2.05, 4.69) is 0 Å². The van der Waals surface area contributed by atoms with Gasteiger partial charge in [-0.1, -0.05) is 6.07 Å². The second-order valence-corrected chi connectivity index (χ2v) is 4.59. The van der Waals surface area contributed by atoms with Crippen LogP contribution in [0.3, 0.4) is 0 Å². The maximum absolute atomic E-state index is 12.3. The molecule has 0 saturated carbocycles. The van der Waals surface area contributed by atoms with E-state index in [9.17, 15) is 4.79 Å². The number of halogens is 1. The van der Waals surface area contributed by atoms with Gasteiger partial charge in [0.05, 0.1) is 6.61 Å². The lowest BCUT2D eigenvalue weighted by Gasteiger charge is -2.30. The molecule has 0 aliphatic carbocycles. The molecule has 0 unspecified atom stereocenters. The van der Waals surface area contributed by atoms with Crippen molar-refractivity contribution in [2.45, 2.75) is 25.8 Å². The number of likely N-dealkylation sites (tertiary alicyclic amines) is 1. The van der Waals surface area contributed by atoms with Gasteiger partial charge in [0, 0.05) is 24.7 Å². The van der Waals surface area contributed by atoms with Crippen LogP contribution in [0.1, 0.15) is 30.1 Å². The highest BCUT2D eigenvalue weighted by atomic mass is 35.5. The number of carbonyl (C=O) groups excluding carboxylic acids is 1. The van der Waals surface area contributed by atoms with Crippen molar-refractivity contribution < 1.29 is 9.53 Å². The van der Waals surface area contributed by atoms with Crippen molar-refractivity contribution in [1.82, 2.24) is 4.90 Å². The summed E-state index contributed by atoms with van der Waals surface area (Å²) in [5.74, 6) is 0.820. The number of nitrogens with zero attached hydrogens (tertiary/aromatic N) is 1. The fourth-order valence-electron chi connectivity index (χ4n) is 2.17. The molecule has 2 rings (SSSR count). The summed E-state index contributed by atoms with van der Waals surface area (Å²) in [5, 5.41) is 0. The third-order valence-corrected chi connectivity index (χ3v) is 3.22. The molecule has 1 fully saturated rings. The van der Waals surface area contributed by atoms with Crippen molar-refractivity contribution in [3.8, 4) is 5.75 Å². The zero-order chi connectivity index (χ0) is 13.0. The SMILES string of the molecule is CCOc1cccc(C(=O)N2CCC(N)CC2)c1.Cl. The third-order valence-electron chi connectivity index (χ3n) is 3.22. The second kappa shape index (κ2) is 7.36. The maximum Gasteiger partial charge on any atom is 0.253 e. The molecule has 0 bridgehead atoms. The Hall–Kier alpha value is -1.26. The van der Waals surface area contributed by atoms with Gasteiger partial charge in [0.15, 0.2) is 0 Å². The number of hydrogen-bond donors (Lipinski definition) is 1. The lowest BCUT2D eigenvalue weighted by Crippen LogP contribution is -2.42. The Balaban J connectivity index is 0.00000180. The van der Waals surface area contributed by atoms with Crippen molar-refractivity contribution in [1.29, 1.82) is 0 Å². The van der Waals surface area contributed by atoms with E-state index in [1.54, 1.807) is 6.07 Å². The van der Waals surface area contributed by atoms with Crippen LogP contribution in [0, 0.1) is 0 Å². The lowest BCUT2D eigenvalue weighted by molar-refractivity contribution is 0.0714.